The molecule has 0 aliphatic carbocycles. The van der Waals surface area contributed by atoms with Crippen molar-refractivity contribution in [3.05, 3.63) is 59.7 Å². The van der Waals surface area contributed by atoms with Crippen molar-refractivity contribution in [2.75, 3.05) is 0 Å². The molecule has 0 saturated heterocycles. The Bertz CT molecular complexity index is 1750. The molecule has 2 aromatic carbocycles. The van der Waals surface area contributed by atoms with Gasteiger partial charge in [-0.15, -0.1) is 0 Å². The molecule has 9 heteroatoms. The molecular weight excluding hydrogens is 1120 g/mol. The molecule has 0 aliphatic heterocycles. The monoisotopic (exact) mass is 1260 g/mol. The molecule has 0 aliphatic rings. The average molecular weight is 1260 g/mol. The van der Waals surface area contributed by atoms with E-state index < -0.39 is 20.2 Å². The van der Waals surface area contributed by atoms with Gasteiger partial charge in [-0.1, -0.05) is 423 Å². The third kappa shape index (κ3) is 62.3. The van der Waals surface area contributed by atoms with Gasteiger partial charge in [-0.05, 0) is 61.1 Å². The van der Waals surface area contributed by atoms with Gasteiger partial charge in [0.1, 0.15) is 20.2 Å². The van der Waals surface area contributed by atoms with Crippen LogP contribution in [0, 0.1) is 0 Å². The number of rotatable bonds is 66. The molecule has 2 rings (SSSR count). The number of aryl methyl sites for hydroxylation is 2. The first-order valence-electron chi connectivity index (χ1n) is 38.2. The third-order valence-electron chi connectivity index (χ3n) is 18.6. The van der Waals surface area contributed by atoms with Crippen molar-refractivity contribution >= 4 is 43.3 Å². The summed E-state index contributed by atoms with van der Waals surface area (Å²) in [5, 5.41) is 0. The van der Waals surface area contributed by atoms with E-state index in [-0.39, 0.29) is 32.8 Å². The molecule has 2 aromatic rings. The molecule has 0 heterocycles. The fraction of sp³-hybridized carbons (Fsp3) is 0.846. The number of hydrogen-bond acceptors (Lipinski definition) is 6. The minimum Gasteiger partial charge on any atom is -0.744 e. The maximum absolute atomic E-state index is 11.0. The molecule has 0 saturated carbocycles. The van der Waals surface area contributed by atoms with E-state index in [0.29, 0.717) is 0 Å². The van der Waals surface area contributed by atoms with Crippen molar-refractivity contribution < 1.29 is 25.9 Å². The van der Waals surface area contributed by atoms with Gasteiger partial charge >= 0.3 is 23.1 Å². The van der Waals surface area contributed by atoms with Gasteiger partial charge in [0, 0.05) is 0 Å². The van der Waals surface area contributed by atoms with Crippen LogP contribution in [0.15, 0.2) is 58.3 Å². The Morgan fingerprint density at radius 3 is 0.437 bits per heavy atom. The Balaban J connectivity index is 0.00000168. The Morgan fingerprint density at radius 1 is 0.207 bits per heavy atom. The van der Waals surface area contributed by atoms with Gasteiger partial charge in [-0.2, -0.15) is 0 Å². The second-order valence-corrected chi connectivity index (χ2v) is 29.7. The van der Waals surface area contributed by atoms with Gasteiger partial charge in [0.15, 0.2) is 0 Å². The molecule has 0 radical (unpaired) electrons. The standard InChI is InChI=1S/2C39H72O3S.Mg/c2*1-2-3-4-5-6-7-8-9-10-11-12-13-14-15-16-17-18-19-20-21-22-23-24-25-26-27-28-29-30-31-32-33-38-34-36-39(37-35-38)43(40,41)42;/h2*34-37H,2-33H2,1H3,(H,40,41,42);/q;;+2/p-2. The molecule has 87 heavy (non-hydrogen) atoms. The zero-order chi connectivity index (χ0) is 62.2. The maximum Gasteiger partial charge on any atom is 2.00 e. The Morgan fingerprint density at radius 2 is 0.322 bits per heavy atom. The van der Waals surface area contributed by atoms with E-state index >= 15 is 0 Å². The molecule has 0 aromatic heterocycles. The molecule has 0 amide bonds. The normalized spacial score (nSPS) is 11.7. The molecule has 0 bridgehead atoms. The topological polar surface area (TPSA) is 114 Å². The van der Waals surface area contributed by atoms with Crippen molar-refractivity contribution in [3.8, 4) is 0 Å². The van der Waals surface area contributed by atoms with Crippen LogP contribution in [0.3, 0.4) is 0 Å². The predicted octanol–water partition coefficient (Wildman–Crippen LogP) is 26.1. The minimum atomic E-state index is -4.33. The van der Waals surface area contributed by atoms with Gasteiger partial charge in [-0.25, -0.2) is 16.8 Å². The first-order valence-corrected chi connectivity index (χ1v) is 41.0. The van der Waals surface area contributed by atoms with E-state index in [4.69, 9.17) is 0 Å². The van der Waals surface area contributed by atoms with Gasteiger partial charge in [0.05, 0.1) is 9.79 Å². The second-order valence-electron chi connectivity index (χ2n) is 26.9. The van der Waals surface area contributed by atoms with Crippen LogP contribution in [0.2, 0.25) is 0 Å². The molecule has 6 nitrogen and oxygen atoms in total. The first-order chi connectivity index (χ1) is 42.1. The smallest absolute Gasteiger partial charge is 0.744 e. The van der Waals surface area contributed by atoms with Crippen molar-refractivity contribution in [1.82, 2.24) is 0 Å². The Labute approximate surface area is 559 Å². The Hall–Kier alpha value is -0.974. The van der Waals surface area contributed by atoms with Gasteiger partial charge < -0.3 is 9.11 Å². The number of hydrogen-bond donors (Lipinski definition) is 0. The summed E-state index contributed by atoms with van der Waals surface area (Å²) < 4.78 is 65.9. The van der Waals surface area contributed by atoms with Crippen molar-refractivity contribution in [2.45, 2.75) is 435 Å². The largest absolute Gasteiger partial charge is 2.00 e. The molecule has 0 spiro atoms. The summed E-state index contributed by atoms with van der Waals surface area (Å²) in [6, 6.07) is 12.8. The zero-order valence-corrected chi connectivity index (χ0v) is 60.9. The maximum atomic E-state index is 11.0. The van der Waals surface area contributed by atoms with Crippen molar-refractivity contribution in [2.24, 2.45) is 0 Å². The van der Waals surface area contributed by atoms with Crippen LogP contribution >= 0.6 is 0 Å². The van der Waals surface area contributed by atoms with Crippen LogP contribution < -0.4 is 0 Å². The summed E-state index contributed by atoms with van der Waals surface area (Å²) >= 11 is 0. The fourth-order valence-electron chi connectivity index (χ4n) is 12.7. The van der Waals surface area contributed by atoms with Crippen molar-refractivity contribution in [3.63, 3.8) is 0 Å². The average Bonchev–Trinajstić information content (AvgIpc) is 3.67. The van der Waals surface area contributed by atoms with Crippen LogP contribution in [-0.4, -0.2) is 49.0 Å². The van der Waals surface area contributed by atoms with E-state index in [0.717, 1.165) is 36.8 Å². The number of unbranched alkanes of at least 4 members (excludes halogenated alkanes) is 60. The van der Waals surface area contributed by atoms with Crippen LogP contribution in [0.4, 0.5) is 0 Å². The quantitative estimate of drug-likeness (QED) is 0.0370. The van der Waals surface area contributed by atoms with Crippen LogP contribution in [0.5, 0.6) is 0 Å². The SMILES string of the molecule is CCCCCCCCCCCCCCCCCCCCCCCCCCCCCCCCCc1ccc(S(=O)(=O)[O-])cc1.CCCCCCCCCCCCCCCCCCCCCCCCCCCCCCCCCc1ccc(S(=O)(=O)[O-])cc1.[Mg+2]. The minimum absolute atomic E-state index is 0. The predicted molar refractivity (Wildman–Crippen MR) is 380 cm³/mol. The van der Waals surface area contributed by atoms with E-state index in [2.05, 4.69) is 13.8 Å². The number of benzene rings is 2. The van der Waals surface area contributed by atoms with Gasteiger partial charge in [0.25, 0.3) is 0 Å². The van der Waals surface area contributed by atoms with Gasteiger partial charge in [-0.3, -0.25) is 0 Å². The second kappa shape index (κ2) is 66.5. The molecule has 0 unspecified atom stereocenters. The summed E-state index contributed by atoms with van der Waals surface area (Å²) in [5.41, 5.74) is 2.23. The Kier molecular flexibility index (Phi) is 65.7. The van der Waals surface area contributed by atoms with Crippen molar-refractivity contribution in [1.29, 1.82) is 0 Å². The summed E-state index contributed by atoms with van der Waals surface area (Å²) in [6.07, 6.45) is 89.8. The van der Waals surface area contributed by atoms with E-state index in [1.54, 1.807) is 24.3 Å². The first kappa shape index (κ1) is 86.0. The molecule has 0 atom stereocenters. The van der Waals surface area contributed by atoms with E-state index in [1.807, 2.05) is 0 Å². The summed E-state index contributed by atoms with van der Waals surface area (Å²) in [5.74, 6) is 0. The van der Waals surface area contributed by atoms with Crippen LogP contribution in [-0.2, 0) is 33.1 Å². The molecule has 0 fully saturated rings. The summed E-state index contributed by atoms with van der Waals surface area (Å²) in [6.45, 7) is 4.60. The van der Waals surface area contributed by atoms with E-state index in [1.165, 1.54) is 410 Å². The molecule has 504 valence electrons. The van der Waals surface area contributed by atoms with Crippen LogP contribution in [0.1, 0.15) is 423 Å². The van der Waals surface area contributed by atoms with Crippen LogP contribution in [0.25, 0.3) is 0 Å². The summed E-state index contributed by atoms with van der Waals surface area (Å²) in [7, 11) is -8.66. The zero-order valence-electron chi connectivity index (χ0n) is 57.8. The fourth-order valence-corrected chi connectivity index (χ4v) is 13.6. The molecular formula is C78H142MgO6S2. The van der Waals surface area contributed by atoms with Gasteiger partial charge in [0.2, 0.25) is 0 Å². The van der Waals surface area contributed by atoms with E-state index in [9.17, 15) is 25.9 Å². The third-order valence-corrected chi connectivity index (χ3v) is 20.3. The molecule has 0 N–H and O–H groups in total. The summed E-state index contributed by atoms with van der Waals surface area (Å²) in [4.78, 5) is -0.265.